The Labute approximate surface area is 144 Å². The molecule has 23 heavy (non-hydrogen) atoms. The molecule has 0 aromatic heterocycles. The van der Waals surface area contributed by atoms with Crippen LogP contribution in [0.15, 0.2) is 12.2 Å². The molecule has 0 radical (unpaired) electrons. The minimum absolute atomic E-state index is 0.127. The maximum absolute atomic E-state index is 11.6. The molecule has 1 unspecified atom stereocenters. The molecule has 0 N–H and O–H groups in total. The van der Waals surface area contributed by atoms with Gasteiger partial charge in [-0.1, -0.05) is 64.9 Å². The van der Waals surface area contributed by atoms with Gasteiger partial charge in [0.2, 0.25) is 6.23 Å². The summed E-state index contributed by atoms with van der Waals surface area (Å²) in [7, 11) is 4.26. The molecule has 0 fully saturated rings. The van der Waals surface area contributed by atoms with Crippen LogP contribution < -0.4 is 0 Å². The average Bonchev–Trinajstić information content (AvgIpc) is 2.48. The highest BCUT2D eigenvalue weighted by atomic mass is 16.6. The molecule has 1 atom stereocenters. The molecule has 0 saturated heterocycles. The fourth-order valence-corrected chi connectivity index (χ4v) is 2.59. The Morgan fingerprint density at radius 2 is 1.39 bits per heavy atom. The summed E-state index contributed by atoms with van der Waals surface area (Å²) in [5, 5.41) is 0. The van der Waals surface area contributed by atoms with Gasteiger partial charge in [-0.3, -0.25) is 4.48 Å². The number of ether oxygens (including phenoxy) is 1. The van der Waals surface area contributed by atoms with Crippen molar-refractivity contribution in [2.75, 3.05) is 20.6 Å². The van der Waals surface area contributed by atoms with E-state index in [4.69, 9.17) is 4.74 Å². The van der Waals surface area contributed by atoms with E-state index in [0.29, 0.717) is 5.57 Å². The molecule has 136 valence electrons. The third kappa shape index (κ3) is 11.4. The Bertz CT molecular complexity index is 337. The molecule has 0 aliphatic heterocycles. The lowest BCUT2D eigenvalue weighted by molar-refractivity contribution is -0.932. The maximum atomic E-state index is 11.6. The molecule has 0 saturated carbocycles. The van der Waals surface area contributed by atoms with Crippen LogP contribution in [0.2, 0.25) is 0 Å². The van der Waals surface area contributed by atoms with Gasteiger partial charge in [0.15, 0.2) is 0 Å². The highest BCUT2D eigenvalue weighted by molar-refractivity contribution is 5.86. The molecule has 0 spiro atoms. The second-order valence-corrected chi connectivity index (χ2v) is 7.47. The van der Waals surface area contributed by atoms with E-state index >= 15 is 0 Å². The van der Waals surface area contributed by atoms with Crippen molar-refractivity contribution in [2.45, 2.75) is 91.2 Å². The minimum Gasteiger partial charge on any atom is -0.409 e. The molecule has 0 amide bonds. The Morgan fingerprint density at radius 1 is 0.957 bits per heavy atom. The first-order chi connectivity index (χ1) is 10.8. The van der Waals surface area contributed by atoms with E-state index in [-0.39, 0.29) is 12.2 Å². The van der Waals surface area contributed by atoms with E-state index in [0.717, 1.165) is 11.0 Å². The standard InChI is InChI=1S/C20H40NO2/c1-7-8-9-10-11-12-13-14-15-16-17-21(5,6)19(4)23-20(22)18(2)3/h19H,2,7-17H2,1,3-6H3/q+1. The van der Waals surface area contributed by atoms with Crippen molar-refractivity contribution in [1.82, 2.24) is 0 Å². The summed E-state index contributed by atoms with van der Waals surface area (Å²) in [6.45, 7) is 10.6. The Morgan fingerprint density at radius 3 is 1.83 bits per heavy atom. The van der Waals surface area contributed by atoms with Gasteiger partial charge in [0, 0.05) is 12.5 Å². The zero-order valence-electron chi connectivity index (χ0n) is 16.3. The summed E-state index contributed by atoms with van der Waals surface area (Å²) < 4.78 is 6.17. The van der Waals surface area contributed by atoms with Gasteiger partial charge in [0.05, 0.1) is 20.6 Å². The summed E-state index contributed by atoms with van der Waals surface area (Å²) in [5.41, 5.74) is 0.468. The van der Waals surface area contributed by atoms with Crippen LogP contribution in [0.25, 0.3) is 0 Å². The number of esters is 1. The van der Waals surface area contributed by atoms with Gasteiger partial charge >= 0.3 is 5.97 Å². The van der Waals surface area contributed by atoms with Crippen LogP contribution in [0.3, 0.4) is 0 Å². The predicted octanol–water partition coefficient (Wildman–Crippen LogP) is 5.45. The third-order valence-corrected chi connectivity index (χ3v) is 4.70. The Hall–Kier alpha value is -0.830. The number of nitrogens with zero attached hydrogens (tertiary/aromatic N) is 1. The molecule has 0 rings (SSSR count). The number of rotatable bonds is 14. The van der Waals surface area contributed by atoms with Crippen molar-refractivity contribution >= 4 is 5.97 Å². The molecule has 0 aromatic carbocycles. The summed E-state index contributed by atoms with van der Waals surface area (Å²) in [5.74, 6) is -0.285. The van der Waals surface area contributed by atoms with Gasteiger partial charge in [0.25, 0.3) is 0 Å². The first kappa shape index (κ1) is 22.2. The molecule has 0 aliphatic carbocycles. The van der Waals surface area contributed by atoms with Gasteiger partial charge in [-0.15, -0.1) is 0 Å². The summed E-state index contributed by atoms with van der Waals surface area (Å²) in [6, 6.07) is 0. The van der Waals surface area contributed by atoms with E-state index in [1.165, 1.54) is 64.2 Å². The van der Waals surface area contributed by atoms with Crippen molar-refractivity contribution in [3.8, 4) is 0 Å². The molecule has 0 bridgehead atoms. The van der Waals surface area contributed by atoms with Crippen LogP contribution in [0.5, 0.6) is 0 Å². The number of carbonyl (C=O) groups excluding carboxylic acids is 1. The molecular formula is C20H40NO2+. The topological polar surface area (TPSA) is 26.3 Å². The van der Waals surface area contributed by atoms with E-state index in [1.54, 1.807) is 6.92 Å². The number of quaternary nitrogens is 1. The monoisotopic (exact) mass is 326 g/mol. The van der Waals surface area contributed by atoms with Crippen LogP contribution >= 0.6 is 0 Å². The molecule has 0 heterocycles. The van der Waals surface area contributed by atoms with Gasteiger partial charge in [0.1, 0.15) is 0 Å². The molecule has 3 heteroatoms. The molecule has 0 aliphatic rings. The second kappa shape index (κ2) is 12.6. The lowest BCUT2D eigenvalue weighted by atomic mass is 10.1. The van der Waals surface area contributed by atoms with Crippen molar-refractivity contribution in [1.29, 1.82) is 0 Å². The highest BCUT2D eigenvalue weighted by Crippen LogP contribution is 2.14. The zero-order valence-corrected chi connectivity index (χ0v) is 16.3. The first-order valence-electron chi connectivity index (χ1n) is 9.50. The van der Waals surface area contributed by atoms with Crippen LogP contribution in [-0.4, -0.2) is 37.3 Å². The lowest BCUT2D eigenvalue weighted by Gasteiger charge is -2.35. The largest absolute Gasteiger partial charge is 0.409 e. The molecule has 3 nitrogen and oxygen atoms in total. The van der Waals surface area contributed by atoms with Gasteiger partial charge in [-0.2, -0.15) is 0 Å². The van der Waals surface area contributed by atoms with Crippen LogP contribution in [0.4, 0.5) is 0 Å². The summed E-state index contributed by atoms with van der Waals surface area (Å²) in [4.78, 5) is 11.6. The van der Waals surface area contributed by atoms with Gasteiger partial charge in [-0.05, 0) is 19.8 Å². The third-order valence-electron chi connectivity index (χ3n) is 4.70. The highest BCUT2D eigenvalue weighted by Gasteiger charge is 2.26. The fraction of sp³-hybridized carbons (Fsp3) is 0.850. The number of hydrogen-bond donors (Lipinski definition) is 0. The summed E-state index contributed by atoms with van der Waals surface area (Å²) >= 11 is 0. The van der Waals surface area contributed by atoms with E-state index in [2.05, 4.69) is 27.6 Å². The van der Waals surface area contributed by atoms with Gasteiger partial charge < -0.3 is 4.74 Å². The SMILES string of the molecule is C=C(C)C(=O)OC(C)[N+](C)(C)CCCCCCCCCCCC. The van der Waals surface area contributed by atoms with Crippen molar-refractivity contribution in [2.24, 2.45) is 0 Å². The smallest absolute Gasteiger partial charge is 0.337 e. The average molecular weight is 327 g/mol. The Kier molecular flexibility index (Phi) is 12.1. The van der Waals surface area contributed by atoms with Gasteiger partial charge in [-0.25, -0.2) is 4.79 Å². The van der Waals surface area contributed by atoms with E-state index in [9.17, 15) is 4.79 Å². The Balaban J connectivity index is 3.69. The normalized spacial score (nSPS) is 12.9. The number of unbranched alkanes of at least 4 members (excludes halogenated alkanes) is 9. The molecule has 0 aromatic rings. The first-order valence-corrected chi connectivity index (χ1v) is 9.50. The van der Waals surface area contributed by atoms with Crippen molar-refractivity contribution in [3.63, 3.8) is 0 Å². The van der Waals surface area contributed by atoms with Crippen molar-refractivity contribution < 1.29 is 14.0 Å². The van der Waals surface area contributed by atoms with Crippen molar-refractivity contribution in [3.05, 3.63) is 12.2 Å². The van der Waals surface area contributed by atoms with Crippen LogP contribution in [0, 0.1) is 0 Å². The lowest BCUT2D eigenvalue weighted by Crippen LogP contribution is -2.50. The van der Waals surface area contributed by atoms with Crippen LogP contribution in [-0.2, 0) is 9.53 Å². The quantitative estimate of drug-likeness (QED) is 0.139. The summed E-state index contributed by atoms with van der Waals surface area (Å²) in [6.07, 6.45) is 13.3. The minimum atomic E-state index is -0.285. The second-order valence-electron chi connectivity index (χ2n) is 7.47. The maximum Gasteiger partial charge on any atom is 0.337 e. The van der Waals surface area contributed by atoms with Crippen LogP contribution in [0.1, 0.15) is 85.0 Å². The van der Waals surface area contributed by atoms with E-state index < -0.39 is 0 Å². The zero-order chi connectivity index (χ0) is 17.7. The number of carbonyl (C=O) groups is 1. The van der Waals surface area contributed by atoms with E-state index in [1.807, 2.05) is 6.92 Å². The fourth-order valence-electron chi connectivity index (χ4n) is 2.59. The number of hydrogen-bond acceptors (Lipinski definition) is 2. The molecular weight excluding hydrogens is 286 g/mol. The predicted molar refractivity (Wildman–Crippen MR) is 99.2 cm³/mol.